The van der Waals surface area contributed by atoms with Crippen LogP contribution in [0.3, 0.4) is 0 Å². The Morgan fingerprint density at radius 3 is 2.64 bits per heavy atom. The number of carbonyl (C=O) groups excluding carboxylic acids is 1. The molecule has 3 nitrogen and oxygen atoms in total. The molecule has 0 fully saturated rings. The molecule has 0 aliphatic rings. The van der Waals surface area contributed by atoms with Crippen LogP contribution in [0.2, 0.25) is 0 Å². The van der Waals surface area contributed by atoms with Gasteiger partial charge in [0.15, 0.2) is 0 Å². The van der Waals surface area contributed by atoms with E-state index in [1.165, 1.54) is 6.92 Å². The molecule has 1 aromatic carbocycles. The maximum atomic E-state index is 10.7. The molecule has 0 aliphatic heterocycles. The summed E-state index contributed by atoms with van der Waals surface area (Å²) in [6.07, 6.45) is 0. The fourth-order valence-corrected chi connectivity index (χ4v) is 1.15. The standard InChI is InChI=1S/C11H14O3/c1-4-13-10-5-6-11(8(2)7-10)14-9(3)12/h5-7H,4H2,1-3H3. The van der Waals surface area contributed by atoms with E-state index in [4.69, 9.17) is 9.47 Å². The normalized spacial score (nSPS) is 9.64. The summed E-state index contributed by atoms with van der Waals surface area (Å²) in [6, 6.07) is 5.37. The minimum absolute atomic E-state index is 0.308. The molecule has 0 atom stereocenters. The van der Waals surface area contributed by atoms with Crippen LogP contribution in [-0.4, -0.2) is 12.6 Å². The summed E-state index contributed by atoms with van der Waals surface area (Å²) in [5.74, 6) is 1.07. The summed E-state index contributed by atoms with van der Waals surface area (Å²) in [7, 11) is 0. The van der Waals surface area contributed by atoms with Gasteiger partial charge in [-0.1, -0.05) is 0 Å². The zero-order chi connectivity index (χ0) is 10.6. The summed E-state index contributed by atoms with van der Waals surface area (Å²) in [4.78, 5) is 10.7. The number of ether oxygens (including phenoxy) is 2. The highest BCUT2D eigenvalue weighted by atomic mass is 16.5. The lowest BCUT2D eigenvalue weighted by molar-refractivity contribution is -0.131. The molecular weight excluding hydrogens is 180 g/mol. The smallest absolute Gasteiger partial charge is 0.308 e. The average molecular weight is 194 g/mol. The first-order chi connectivity index (χ1) is 6.63. The van der Waals surface area contributed by atoms with Gasteiger partial charge in [0.2, 0.25) is 0 Å². The lowest BCUT2D eigenvalue weighted by Gasteiger charge is -2.08. The summed E-state index contributed by atoms with van der Waals surface area (Å²) in [5.41, 5.74) is 0.895. The topological polar surface area (TPSA) is 35.5 Å². The van der Waals surface area contributed by atoms with E-state index in [2.05, 4.69) is 0 Å². The molecule has 0 N–H and O–H groups in total. The molecule has 3 heteroatoms. The van der Waals surface area contributed by atoms with Crippen molar-refractivity contribution in [1.29, 1.82) is 0 Å². The third kappa shape index (κ3) is 2.76. The Morgan fingerprint density at radius 1 is 1.43 bits per heavy atom. The number of benzene rings is 1. The third-order valence-electron chi connectivity index (χ3n) is 1.71. The molecule has 0 saturated heterocycles. The van der Waals surface area contributed by atoms with Crippen LogP contribution < -0.4 is 9.47 Å². The molecule has 0 saturated carbocycles. The van der Waals surface area contributed by atoms with Crippen LogP contribution in [0.25, 0.3) is 0 Å². The fourth-order valence-electron chi connectivity index (χ4n) is 1.15. The van der Waals surface area contributed by atoms with Crippen molar-refractivity contribution in [2.75, 3.05) is 6.61 Å². The Morgan fingerprint density at radius 2 is 2.14 bits per heavy atom. The first kappa shape index (κ1) is 10.6. The number of hydrogen-bond donors (Lipinski definition) is 0. The second-order valence-electron chi connectivity index (χ2n) is 2.95. The van der Waals surface area contributed by atoms with Crippen molar-refractivity contribution in [1.82, 2.24) is 0 Å². The van der Waals surface area contributed by atoms with Gasteiger partial charge < -0.3 is 9.47 Å². The van der Waals surface area contributed by atoms with Crippen LogP contribution >= 0.6 is 0 Å². The van der Waals surface area contributed by atoms with E-state index in [9.17, 15) is 4.79 Å². The lowest BCUT2D eigenvalue weighted by Crippen LogP contribution is -2.03. The zero-order valence-electron chi connectivity index (χ0n) is 8.66. The molecule has 0 amide bonds. The SMILES string of the molecule is CCOc1ccc(OC(C)=O)c(C)c1. The lowest BCUT2D eigenvalue weighted by atomic mass is 10.2. The number of aryl methyl sites for hydroxylation is 1. The van der Waals surface area contributed by atoms with Gasteiger partial charge in [0, 0.05) is 6.92 Å². The molecule has 14 heavy (non-hydrogen) atoms. The summed E-state index contributed by atoms with van der Waals surface area (Å²) >= 11 is 0. The van der Waals surface area contributed by atoms with Crippen LogP contribution in [0.4, 0.5) is 0 Å². The summed E-state index contributed by atoms with van der Waals surface area (Å²) in [6.45, 7) is 5.82. The van der Waals surface area contributed by atoms with Crippen molar-refractivity contribution >= 4 is 5.97 Å². The molecule has 0 aromatic heterocycles. The maximum absolute atomic E-state index is 10.7. The number of hydrogen-bond acceptors (Lipinski definition) is 3. The molecule has 0 heterocycles. The minimum Gasteiger partial charge on any atom is -0.494 e. The van der Waals surface area contributed by atoms with Gasteiger partial charge in [-0.05, 0) is 37.6 Å². The highest BCUT2D eigenvalue weighted by Gasteiger charge is 2.03. The summed E-state index contributed by atoms with van der Waals surface area (Å²) in [5, 5.41) is 0. The Kier molecular flexibility index (Phi) is 3.51. The van der Waals surface area contributed by atoms with Crippen LogP contribution in [0.5, 0.6) is 11.5 Å². The highest BCUT2D eigenvalue weighted by molar-refractivity contribution is 5.69. The van der Waals surface area contributed by atoms with Crippen LogP contribution in [0.15, 0.2) is 18.2 Å². The van der Waals surface area contributed by atoms with E-state index in [1.54, 1.807) is 12.1 Å². The molecule has 0 radical (unpaired) electrons. The van der Waals surface area contributed by atoms with Gasteiger partial charge in [-0.2, -0.15) is 0 Å². The third-order valence-corrected chi connectivity index (χ3v) is 1.71. The fraction of sp³-hybridized carbons (Fsp3) is 0.364. The molecule has 0 spiro atoms. The molecule has 0 bridgehead atoms. The Labute approximate surface area is 83.6 Å². The number of carbonyl (C=O) groups is 1. The zero-order valence-corrected chi connectivity index (χ0v) is 8.66. The molecule has 0 unspecified atom stereocenters. The Hall–Kier alpha value is -1.51. The van der Waals surface area contributed by atoms with E-state index >= 15 is 0 Å². The largest absolute Gasteiger partial charge is 0.494 e. The van der Waals surface area contributed by atoms with E-state index in [1.807, 2.05) is 19.9 Å². The Bertz CT molecular complexity index is 331. The summed E-state index contributed by atoms with van der Waals surface area (Å²) < 4.78 is 10.3. The van der Waals surface area contributed by atoms with Crippen molar-refractivity contribution in [3.63, 3.8) is 0 Å². The van der Waals surface area contributed by atoms with Crippen molar-refractivity contribution in [3.05, 3.63) is 23.8 Å². The van der Waals surface area contributed by atoms with Gasteiger partial charge >= 0.3 is 5.97 Å². The van der Waals surface area contributed by atoms with Gasteiger partial charge in [-0.25, -0.2) is 0 Å². The van der Waals surface area contributed by atoms with Crippen molar-refractivity contribution in [2.24, 2.45) is 0 Å². The number of esters is 1. The van der Waals surface area contributed by atoms with Gasteiger partial charge in [-0.3, -0.25) is 4.79 Å². The van der Waals surface area contributed by atoms with Crippen molar-refractivity contribution in [2.45, 2.75) is 20.8 Å². The molecule has 76 valence electrons. The Balaban J connectivity index is 2.84. The second kappa shape index (κ2) is 4.65. The quantitative estimate of drug-likeness (QED) is 0.547. The highest BCUT2D eigenvalue weighted by Crippen LogP contribution is 2.23. The van der Waals surface area contributed by atoms with E-state index in [0.717, 1.165) is 11.3 Å². The predicted octanol–water partition coefficient (Wildman–Crippen LogP) is 2.32. The van der Waals surface area contributed by atoms with E-state index < -0.39 is 0 Å². The van der Waals surface area contributed by atoms with E-state index in [0.29, 0.717) is 12.4 Å². The van der Waals surface area contributed by atoms with Crippen molar-refractivity contribution in [3.8, 4) is 11.5 Å². The van der Waals surface area contributed by atoms with Crippen LogP contribution in [0, 0.1) is 6.92 Å². The monoisotopic (exact) mass is 194 g/mol. The molecule has 1 rings (SSSR count). The minimum atomic E-state index is -0.308. The predicted molar refractivity (Wildman–Crippen MR) is 53.7 cm³/mol. The molecule has 0 aliphatic carbocycles. The molecule has 1 aromatic rings. The van der Waals surface area contributed by atoms with Gasteiger partial charge in [-0.15, -0.1) is 0 Å². The van der Waals surface area contributed by atoms with Crippen molar-refractivity contribution < 1.29 is 14.3 Å². The van der Waals surface area contributed by atoms with Gasteiger partial charge in [0.05, 0.1) is 6.61 Å². The average Bonchev–Trinajstić information content (AvgIpc) is 2.10. The first-order valence-corrected chi connectivity index (χ1v) is 4.55. The number of rotatable bonds is 3. The molecular formula is C11H14O3. The van der Waals surface area contributed by atoms with E-state index in [-0.39, 0.29) is 5.97 Å². The first-order valence-electron chi connectivity index (χ1n) is 4.55. The van der Waals surface area contributed by atoms with Crippen LogP contribution in [0.1, 0.15) is 19.4 Å². The maximum Gasteiger partial charge on any atom is 0.308 e. The van der Waals surface area contributed by atoms with Crippen LogP contribution in [-0.2, 0) is 4.79 Å². The van der Waals surface area contributed by atoms with Gasteiger partial charge in [0.1, 0.15) is 11.5 Å². The second-order valence-corrected chi connectivity index (χ2v) is 2.95. The van der Waals surface area contributed by atoms with Gasteiger partial charge in [0.25, 0.3) is 0 Å².